The van der Waals surface area contributed by atoms with Crippen molar-refractivity contribution >= 4 is 40.1 Å². The van der Waals surface area contributed by atoms with Gasteiger partial charge in [0.2, 0.25) is 0 Å². The van der Waals surface area contributed by atoms with Gasteiger partial charge >= 0.3 is 0 Å². The van der Waals surface area contributed by atoms with Gasteiger partial charge in [0.25, 0.3) is 0 Å². The van der Waals surface area contributed by atoms with Crippen LogP contribution < -0.4 is 16.8 Å². The summed E-state index contributed by atoms with van der Waals surface area (Å²) in [6.07, 6.45) is 1.21. The molecule has 2 aliphatic rings. The zero-order chi connectivity index (χ0) is 25.8. The van der Waals surface area contributed by atoms with Crippen LogP contribution in [0, 0.1) is 0 Å². The molecule has 0 bridgehead atoms. The Bertz CT molecular complexity index is 1370. The van der Waals surface area contributed by atoms with E-state index in [1.807, 2.05) is 38.1 Å². The summed E-state index contributed by atoms with van der Waals surface area (Å²) in [5.74, 6) is 0.307. The van der Waals surface area contributed by atoms with E-state index >= 15 is 0 Å². The molecule has 0 fully saturated rings. The van der Waals surface area contributed by atoms with Gasteiger partial charge in [-0.1, -0.05) is 36.4 Å². The molecule has 0 unspecified atom stereocenters. The number of benzene rings is 3. The number of nitrogens with zero attached hydrogens (tertiary/aromatic N) is 3. The normalized spacial score (nSPS) is 14.4. The van der Waals surface area contributed by atoms with Crippen LogP contribution in [0.25, 0.3) is 0 Å². The number of nitrogens with two attached hydrogens (primary N) is 2. The van der Waals surface area contributed by atoms with Crippen LogP contribution in [0.3, 0.4) is 0 Å². The van der Waals surface area contributed by atoms with Crippen LogP contribution in [0.1, 0.15) is 36.1 Å². The average Bonchev–Trinajstić information content (AvgIpc) is 3.51. The number of rotatable bonds is 9. The molecule has 0 aromatic heterocycles. The van der Waals surface area contributed by atoms with Gasteiger partial charge in [-0.3, -0.25) is 9.98 Å². The third-order valence-corrected chi connectivity index (χ3v) is 6.36. The predicted octanol–water partition coefficient (Wildman–Crippen LogP) is 4.75. The van der Waals surface area contributed by atoms with Crippen LogP contribution in [0.15, 0.2) is 75.6 Å². The monoisotopic (exact) mass is 496 g/mol. The Hall–Kier alpha value is -4.01. The molecule has 0 atom stereocenters. The second-order valence-corrected chi connectivity index (χ2v) is 8.97. The highest BCUT2D eigenvalue weighted by atomic mass is 16.7. The van der Waals surface area contributed by atoms with Gasteiger partial charge in [-0.05, 0) is 60.4 Å². The molecule has 0 aliphatic carbocycles. The molecule has 0 amide bonds. The fourth-order valence-corrected chi connectivity index (χ4v) is 4.53. The highest BCUT2D eigenvalue weighted by molar-refractivity contribution is 6.09. The summed E-state index contributed by atoms with van der Waals surface area (Å²) in [6.45, 7) is 5.28. The number of nitrogens with one attached hydrogen (secondary N) is 1. The summed E-state index contributed by atoms with van der Waals surface area (Å²) in [6, 6.07) is 20.5. The maximum Gasteiger partial charge on any atom is 0.193 e. The quantitative estimate of drug-likeness (QED) is 0.171. The van der Waals surface area contributed by atoms with E-state index < -0.39 is 6.29 Å². The van der Waals surface area contributed by atoms with Gasteiger partial charge in [-0.25, -0.2) is 4.99 Å². The van der Waals surface area contributed by atoms with Gasteiger partial charge in [0.15, 0.2) is 12.2 Å². The van der Waals surface area contributed by atoms with Gasteiger partial charge in [0, 0.05) is 37.4 Å². The summed E-state index contributed by atoms with van der Waals surface area (Å²) in [5.41, 5.74) is 22.2. The van der Waals surface area contributed by atoms with Crippen molar-refractivity contribution in [1.82, 2.24) is 0 Å². The lowest BCUT2D eigenvalue weighted by Crippen LogP contribution is -2.27. The molecule has 8 nitrogen and oxygen atoms in total. The topological polar surface area (TPSA) is 120 Å². The first-order valence-electron chi connectivity index (χ1n) is 12.6. The standard InChI is InChI=1S/C29H32N6O2/c1-3-36-28(37-4-2)17-32-29(31)33-23-12-10-21-14-25(35-27(21)16-23)19-7-5-18(6-8-19)24-13-20-9-11-22(30)15-26(20)34-24/h5-12,15-16,28H,3-4,13-14,17,30H2,1-2H3,(H3,31,32,33). The lowest BCUT2D eigenvalue weighted by molar-refractivity contribution is -0.128. The second kappa shape index (κ2) is 10.9. The van der Waals surface area contributed by atoms with E-state index in [1.54, 1.807) is 0 Å². The summed E-state index contributed by atoms with van der Waals surface area (Å²) in [7, 11) is 0. The van der Waals surface area contributed by atoms with Crippen molar-refractivity contribution in [2.45, 2.75) is 33.0 Å². The first kappa shape index (κ1) is 24.7. The predicted molar refractivity (Wildman–Crippen MR) is 151 cm³/mol. The van der Waals surface area contributed by atoms with E-state index in [-0.39, 0.29) is 0 Å². The SMILES string of the molecule is CCOC(CN=C(N)Nc1ccc2c(c1)N=C(c1ccc(C3=Nc4cc(N)ccc4C3)cc1)C2)OCC. The van der Waals surface area contributed by atoms with E-state index in [1.165, 1.54) is 11.1 Å². The Labute approximate surface area is 217 Å². The van der Waals surface area contributed by atoms with E-state index in [0.29, 0.717) is 25.7 Å². The first-order chi connectivity index (χ1) is 18.0. The number of anilines is 2. The summed E-state index contributed by atoms with van der Waals surface area (Å²) in [5, 5.41) is 3.14. The summed E-state index contributed by atoms with van der Waals surface area (Å²) in [4.78, 5) is 14.0. The molecule has 2 heterocycles. The Morgan fingerprint density at radius 2 is 1.43 bits per heavy atom. The van der Waals surface area contributed by atoms with E-state index in [0.717, 1.165) is 58.1 Å². The Morgan fingerprint density at radius 1 is 0.865 bits per heavy atom. The summed E-state index contributed by atoms with van der Waals surface area (Å²) >= 11 is 0. The molecule has 0 radical (unpaired) electrons. The molecule has 8 heteroatoms. The number of nitrogen functional groups attached to an aromatic ring is 1. The van der Waals surface area contributed by atoms with Crippen LogP contribution in [-0.2, 0) is 22.3 Å². The van der Waals surface area contributed by atoms with Crippen LogP contribution >= 0.6 is 0 Å². The number of hydrogen-bond donors (Lipinski definition) is 3. The number of hydrogen-bond acceptors (Lipinski definition) is 6. The fourth-order valence-electron chi connectivity index (χ4n) is 4.53. The Balaban J connectivity index is 1.25. The molecule has 3 aromatic carbocycles. The molecule has 2 aliphatic heterocycles. The second-order valence-electron chi connectivity index (χ2n) is 8.97. The minimum Gasteiger partial charge on any atom is -0.399 e. The molecule has 3 aromatic rings. The Morgan fingerprint density at radius 3 is 2.03 bits per heavy atom. The molecule has 5 rings (SSSR count). The van der Waals surface area contributed by atoms with E-state index in [4.69, 9.17) is 30.9 Å². The molecular formula is C29H32N6O2. The Kier molecular flexibility index (Phi) is 7.30. The average molecular weight is 497 g/mol. The van der Waals surface area contributed by atoms with Crippen LogP contribution in [0.4, 0.5) is 22.7 Å². The van der Waals surface area contributed by atoms with Crippen molar-refractivity contribution < 1.29 is 9.47 Å². The van der Waals surface area contributed by atoms with Gasteiger partial charge in [-0.2, -0.15) is 0 Å². The lowest BCUT2D eigenvalue weighted by atomic mass is 9.99. The third kappa shape index (κ3) is 5.71. The zero-order valence-corrected chi connectivity index (χ0v) is 21.2. The highest BCUT2D eigenvalue weighted by Crippen LogP contribution is 2.33. The number of guanidine groups is 1. The van der Waals surface area contributed by atoms with Crippen molar-refractivity contribution in [1.29, 1.82) is 0 Å². The molecule has 190 valence electrons. The molecule has 0 saturated carbocycles. The van der Waals surface area contributed by atoms with Crippen molar-refractivity contribution in [3.05, 3.63) is 82.9 Å². The van der Waals surface area contributed by atoms with Crippen molar-refractivity contribution in [3.63, 3.8) is 0 Å². The van der Waals surface area contributed by atoms with Gasteiger partial charge < -0.3 is 26.3 Å². The van der Waals surface area contributed by atoms with Crippen molar-refractivity contribution in [3.8, 4) is 0 Å². The number of ether oxygens (including phenoxy) is 2. The van der Waals surface area contributed by atoms with E-state index in [2.05, 4.69) is 46.7 Å². The van der Waals surface area contributed by atoms with Crippen LogP contribution in [0.5, 0.6) is 0 Å². The molecular weight excluding hydrogens is 464 g/mol. The maximum atomic E-state index is 6.09. The van der Waals surface area contributed by atoms with Crippen molar-refractivity contribution in [2.24, 2.45) is 20.7 Å². The summed E-state index contributed by atoms with van der Waals surface area (Å²) < 4.78 is 11.0. The molecule has 0 spiro atoms. The third-order valence-electron chi connectivity index (χ3n) is 6.36. The first-order valence-corrected chi connectivity index (χ1v) is 12.6. The highest BCUT2D eigenvalue weighted by Gasteiger charge is 2.19. The molecule has 5 N–H and O–H groups in total. The van der Waals surface area contributed by atoms with Gasteiger partial charge in [-0.15, -0.1) is 0 Å². The smallest absolute Gasteiger partial charge is 0.193 e. The van der Waals surface area contributed by atoms with Gasteiger partial charge in [0.05, 0.1) is 29.3 Å². The van der Waals surface area contributed by atoms with Crippen LogP contribution in [-0.4, -0.2) is 43.4 Å². The largest absolute Gasteiger partial charge is 0.399 e. The molecule has 37 heavy (non-hydrogen) atoms. The minimum atomic E-state index is -0.399. The lowest BCUT2D eigenvalue weighted by Gasteiger charge is -2.15. The number of fused-ring (bicyclic) bond motifs is 2. The minimum absolute atomic E-state index is 0.307. The van der Waals surface area contributed by atoms with Crippen molar-refractivity contribution in [2.75, 3.05) is 30.8 Å². The number of aliphatic imine (C=N–C) groups is 3. The van der Waals surface area contributed by atoms with E-state index in [9.17, 15) is 0 Å². The molecule has 0 saturated heterocycles. The maximum absolute atomic E-state index is 6.09. The van der Waals surface area contributed by atoms with Gasteiger partial charge in [0.1, 0.15) is 0 Å². The fraction of sp³-hybridized carbons (Fsp3) is 0.276. The zero-order valence-electron chi connectivity index (χ0n) is 21.2. The van der Waals surface area contributed by atoms with Crippen LogP contribution in [0.2, 0.25) is 0 Å².